The minimum atomic E-state index is 1.41. The summed E-state index contributed by atoms with van der Waals surface area (Å²) in [7, 11) is 0. The average Bonchev–Trinajstić information content (AvgIpc) is 2.80. The lowest BCUT2D eigenvalue weighted by Gasteiger charge is -2.19. The van der Waals surface area contributed by atoms with Crippen LogP contribution in [-0.4, -0.2) is 0 Å². The van der Waals surface area contributed by atoms with E-state index in [-0.39, 0.29) is 0 Å². The van der Waals surface area contributed by atoms with Crippen LogP contribution < -0.4 is 0 Å². The third kappa shape index (κ3) is 1.59. The molecule has 0 fully saturated rings. The SMILES string of the molecule is Cc1cc2c(C)c3c(C)c(C)c(C)c(C)c3c(C)c2s1. The topological polar surface area (TPSA) is 0 Å². The maximum absolute atomic E-state index is 2.35. The summed E-state index contributed by atoms with van der Waals surface area (Å²) in [5, 5.41) is 4.41. The van der Waals surface area contributed by atoms with E-state index in [0.717, 1.165) is 0 Å². The Morgan fingerprint density at radius 1 is 0.600 bits per heavy atom. The van der Waals surface area contributed by atoms with Crippen LogP contribution in [0.3, 0.4) is 0 Å². The molecule has 104 valence electrons. The number of fused-ring (bicyclic) bond motifs is 2. The Balaban J connectivity index is 2.73. The largest absolute Gasteiger partial charge is 0.140 e. The Morgan fingerprint density at radius 2 is 1.10 bits per heavy atom. The molecule has 0 nitrogen and oxygen atoms in total. The summed E-state index contributed by atoms with van der Waals surface area (Å²) in [5.41, 5.74) is 8.72. The van der Waals surface area contributed by atoms with Crippen LogP contribution in [0, 0.1) is 48.5 Å². The quantitative estimate of drug-likeness (QED) is 0.459. The van der Waals surface area contributed by atoms with Crippen molar-refractivity contribution in [2.24, 2.45) is 0 Å². The van der Waals surface area contributed by atoms with Gasteiger partial charge in [-0.25, -0.2) is 0 Å². The van der Waals surface area contributed by atoms with Crippen molar-refractivity contribution in [1.29, 1.82) is 0 Å². The summed E-state index contributed by atoms with van der Waals surface area (Å²) in [6, 6.07) is 2.35. The molecular formula is C19H22S. The molecule has 0 bridgehead atoms. The number of rotatable bonds is 0. The van der Waals surface area contributed by atoms with Crippen molar-refractivity contribution in [2.45, 2.75) is 48.5 Å². The van der Waals surface area contributed by atoms with Gasteiger partial charge >= 0.3 is 0 Å². The molecule has 0 N–H and O–H groups in total. The predicted octanol–water partition coefficient (Wildman–Crippen LogP) is 6.21. The van der Waals surface area contributed by atoms with Gasteiger partial charge in [-0.2, -0.15) is 0 Å². The monoisotopic (exact) mass is 282 g/mol. The van der Waals surface area contributed by atoms with Crippen LogP contribution in [0.5, 0.6) is 0 Å². The molecule has 0 aliphatic carbocycles. The lowest BCUT2D eigenvalue weighted by Crippen LogP contribution is -1.98. The summed E-state index contributed by atoms with van der Waals surface area (Å²) in [6.45, 7) is 15.9. The molecule has 3 aromatic rings. The molecule has 0 spiro atoms. The maximum atomic E-state index is 2.35. The Bertz CT molecular complexity index is 793. The first kappa shape index (κ1) is 13.6. The minimum absolute atomic E-state index is 1.41. The second-order valence-corrected chi connectivity index (χ2v) is 7.36. The fraction of sp³-hybridized carbons (Fsp3) is 0.368. The van der Waals surface area contributed by atoms with Gasteiger partial charge in [0.1, 0.15) is 0 Å². The molecule has 3 rings (SSSR count). The molecule has 0 saturated heterocycles. The summed E-state index contributed by atoms with van der Waals surface area (Å²) >= 11 is 1.93. The number of aryl methyl sites for hydroxylation is 5. The lowest BCUT2D eigenvalue weighted by molar-refractivity contribution is 1.24. The first-order chi connectivity index (χ1) is 9.34. The Kier molecular flexibility index (Phi) is 2.95. The highest BCUT2D eigenvalue weighted by atomic mass is 32.1. The molecule has 2 aromatic carbocycles. The highest BCUT2D eigenvalue weighted by Gasteiger charge is 2.17. The molecule has 0 aliphatic rings. The molecule has 0 radical (unpaired) electrons. The van der Waals surface area contributed by atoms with Crippen molar-refractivity contribution in [1.82, 2.24) is 0 Å². The summed E-state index contributed by atoms with van der Waals surface area (Å²) in [6.07, 6.45) is 0. The van der Waals surface area contributed by atoms with Gasteiger partial charge in [0, 0.05) is 9.58 Å². The number of hydrogen-bond acceptors (Lipinski definition) is 1. The van der Waals surface area contributed by atoms with E-state index in [4.69, 9.17) is 0 Å². The lowest BCUT2D eigenvalue weighted by atomic mass is 9.86. The third-order valence-corrected chi connectivity index (χ3v) is 6.21. The maximum Gasteiger partial charge on any atom is 0.0383 e. The fourth-order valence-corrected chi connectivity index (χ4v) is 4.65. The van der Waals surface area contributed by atoms with Gasteiger partial charge in [0.05, 0.1) is 0 Å². The zero-order valence-electron chi connectivity index (χ0n) is 13.5. The fourth-order valence-electron chi connectivity index (χ4n) is 3.57. The van der Waals surface area contributed by atoms with Gasteiger partial charge in [0.2, 0.25) is 0 Å². The zero-order valence-corrected chi connectivity index (χ0v) is 14.3. The number of benzene rings is 2. The molecule has 0 unspecified atom stereocenters. The Morgan fingerprint density at radius 3 is 1.65 bits per heavy atom. The third-order valence-electron chi connectivity index (χ3n) is 5.04. The van der Waals surface area contributed by atoms with Crippen LogP contribution in [0.2, 0.25) is 0 Å². The van der Waals surface area contributed by atoms with E-state index in [1.54, 1.807) is 0 Å². The molecule has 1 heterocycles. The van der Waals surface area contributed by atoms with Crippen molar-refractivity contribution in [2.75, 3.05) is 0 Å². The summed E-state index contributed by atoms with van der Waals surface area (Å²) in [5.74, 6) is 0. The van der Waals surface area contributed by atoms with E-state index in [9.17, 15) is 0 Å². The zero-order chi connectivity index (χ0) is 14.8. The van der Waals surface area contributed by atoms with Gasteiger partial charge in [0.15, 0.2) is 0 Å². The second-order valence-electron chi connectivity index (χ2n) is 6.10. The van der Waals surface area contributed by atoms with E-state index in [1.165, 1.54) is 59.1 Å². The van der Waals surface area contributed by atoms with Crippen molar-refractivity contribution >= 4 is 32.2 Å². The van der Waals surface area contributed by atoms with Gasteiger partial charge in [0.25, 0.3) is 0 Å². The highest BCUT2D eigenvalue weighted by molar-refractivity contribution is 7.19. The standard InChI is InChI=1S/C19H22S/c1-9-8-16-14(6)17-12(4)10(2)11(3)13(5)18(17)15(7)19(16)20-9/h8H,1-7H3. The van der Waals surface area contributed by atoms with Crippen LogP contribution in [0.15, 0.2) is 6.07 Å². The van der Waals surface area contributed by atoms with Crippen molar-refractivity contribution in [3.8, 4) is 0 Å². The van der Waals surface area contributed by atoms with E-state index in [0.29, 0.717) is 0 Å². The van der Waals surface area contributed by atoms with E-state index >= 15 is 0 Å². The van der Waals surface area contributed by atoms with Gasteiger partial charge in [-0.1, -0.05) is 0 Å². The van der Waals surface area contributed by atoms with Crippen LogP contribution in [0.1, 0.15) is 38.3 Å². The summed E-state index contributed by atoms with van der Waals surface area (Å²) < 4.78 is 1.47. The molecule has 0 amide bonds. The van der Waals surface area contributed by atoms with Gasteiger partial charge in [-0.05, 0) is 104 Å². The first-order valence-corrected chi connectivity index (χ1v) is 8.05. The first-order valence-electron chi connectivity index (χ1n) is 7.24. The van der Waals surface area contributed by atoms with E-state index in [1.807, 2.05) is 11.3 Å². The molecule has 0 aliphatic heterocycles. The second kappa shape index (κ2) is 4.33. The number of thiophene rings is 1. The van der Waals surface area contributed by atoms with E-state index in [2.05, 4.69) is 54.5 Å². The van der Waals surface area contributed by atoms with Crippen molar-refractivity contribution < 1.29 is 0 Å². The van der Waals surface area contributed by atoms with Crippen LogP contribution in [-0.2, 0) is 0 Å². The molecule has 0 saturated carbocycles. The van der Waals surface area contributed by atoms with Gasteiger partial charge in [-0.15, -0.1) is 11.3 Å². The molecule has 1 heteroatoms. The molecule has 0 atom stereocenters. The molecule has 1 aromatic heterocycles. The Labute approximate surface area is 125 Å². The predicted molar refractivity (Wildman–Crippen MR) is 92.5 cm³/mol. The number of hydrogen-bond donors (Lipinski definition) is 0. The minimum Gasteiger partial charge on any atom is -0.140 e. The van der Waals surface area contributed by atoms with E-state index < -0.39 is 0 Å². The van der Waals surface area contributed by atoms with Crippen LogP contribution in [0.4, 0.5) is 0 Å². The summed E-state index contributed by atoms with van der Waals surface area (Å²) in [4.78, 5) is 1.41. The smallest absolute Gasteiger partial charge is 0.0383 e. The normalized spacial score (nSPS) is 11.8. The highest BCUT2D eigenvalue weighted by Crippen LogP contribution is 2.41. The van der Waals surface area contributed by atoms with Crippen molar-refractivity contribution in [3.05, 3.63) is 44.3 Å². The van der Waals surface area contributed by atoms with Gasteiger partial charge in [-0.3, -0.25) is 0 Å². The average molecular weight is 282 g/mol. The molecule has 20 heavy (non-hydrogen) atoms. The van der Waals surface area contributed by atoms with Crippen LogP contribution in [0.25, 0.3) is 20.9 Å². The Hall–Kier alpha value is -1.34. The molecular weight excluding hydrogens is 260 g/mol. The van der Waals surface area contributed by atoms with Crippen LogP contribution >= 0.6 is 11.3 Å². The van der Waals surface area contributed by atoms with Crippen molar-refractivity contribution in [3.63, 3.8) is 0 Å². The van der Waals surface area contributed by atoms with Gasteiger partial charge < -0.3 is 0 Å².